The smallest absolute Gasteiger partial charge is 0.241 e. The first-order chi connectivity index (χ1) is 11.2. The molecule has 0 N–H and O–H groups in total. The highest BCUT2D eigenvalue weighted by Gasteiger charge is 2.52. The van der Waals surface area contributed by atoms with Crippen LogP contribution >= 0.6 is 12.2 Å². The molecule has 0 aromatic heterocycles. The summed E-state index contributed by atoms with van der Waals surface area (Å²) in [5, 5.41) is 0.292. The van der Waals surface area contributed by atoms with Crippen LogP contribution in [0, 0.1) is 5.82 Å². The van der Waals surface area contributed by atoms with E-state index < -0.39 is 27.7 Å². The number of hydrogen-bond acceptors (Lipinski definition) is 4. The van der Waals surface area contributed by atoms with Crippen LogP contribution in [0.4, 0.5) is 10.1 Å². The summed E-state index contributed by atoms with van der Waals surface area (Å²) in [5.74, 6) is -0.832. The van der Waals surface area contributed by atoms with Crippen LogP contribution in [0.5, 0.6) is 0 Å². The molecule has 0 saturated carbocycles. The lowest BCUT2D eigenvalue weighted by Gasteiger charge is -2.26. The van der Waals surface area contributed by atoms with Gasteiger partial charge < -0.3 is 14.7 Å². The summed E-state index contributed by atoms with van der Waals surface area (Å²) < 4.78 is 38.4. The summed E-state index contributed by atoms with van der Waals surface area (Å²) in [6, 6.07) is 5.20. The average molecular weight is 371 g/mol. The minimum atomic E-state index is -3.26. The second-order valence-corrected chi connectivity index (χ2v) is 8.75. The van der Waals surface area contributed by atoms with E-state index in [0.29, 0.717) is 5.11 Å². The summed E-state index contributed by atoms with van der Waals surface area (Å²) in [6.45, 7) is -0.0204. The summed E-state index contributed by atoms with van der Waals surface area (Å²) in [4.78, 5) is 16.7. The molecule has 6 nitrogen and oxygen atoms in total. The third kappa shape index (κ3) is 2.86. The maximum absolute atomic E-state index is 14.2. The van der Waals surface area contributed by atoms with Crippen molar-refractivity contribution in [2.24, 2.45) is 0 Å². The SMILES string of the molecule is CN(C)C(=O)CN1C(=S)N(c2ccccc2F)[C@H]2CS(=O)(=O)C[C@@H]21. The van der Waals surface area contributed by atoms with Crippen molar-refractivity contribution < 1.29 is 17.6 Å². The number of halogens is 1. The van der Waals surface area contributed by atoms with Gasteiger partial charge in [0.15, 0.2) is 14.9 Å². The molecule has 1 aromatic rings. The number of rotatable bonds is 3. The van der Waals surface area contributed by atoms with Crippen LogP contribution in [0.1, 0.15) is 0 Å². The van der Waals surface area contributed by atoms with Gasteiger partial charge in [-0.2, -0.15) is 0 Å². The predicted octanol–water partition coefficient (Wildman–Crippen LogP) is 0.486. The molecule has 2 aliphatic rings. The van der Waals surface area contributed by atoms with Crippen LogP contribution in [0.3, 0.4) is 0 Å². The van der Waals surface area contributed by atoms with E-state index in [-0.39, 0.29) is 29.6 Å². The molecule has 2 fully saturated rings. The lowest BCUT2D eigenvalue weighted by Crippen LogP contribution is -2.44. The van der Waals surface area contributed by atoms with Crippen molar-refractivity contribution >= 4 is 38.8 Å². The van der Waals surface area contributed by atoms with Crippen LogP contribution in [-0.2, 0) is 14.6 Å². The summed E-state index contributed by atoms with van der Waals surface area (Å²) >= 11 is 5.46. The molecule has 0 radical (unpaired) electrons. The zero-order valence-corrected chi connectivity index (χ0v) is 15.0. The highest BCUT2D eigenvalue weighted by molar-refractivity contribution is 7.91. The Bertz CT molecular complexity index is 797. The molecule has 2 atom stereocenters. The van der Waals surface area contributed by atoms with Crippen molar-refractivity contribution in [3.63, 3.8) is 0 Å². The van der Waals surface area contributed by atoms with Crippen LogP contribution in [0.15, 0.2) is 24.3 Å². The molecule has 0 bridgehead atoms. The fourth-order valence-electron chi connectivity index (χ4n) is 3.18. The molecule has 0 aliphatic carbocycles. The lowest BCUT2D eigenvalue weighted by atomic mass is 10.1. The molecule has 9 heteroatoms. The lowest BCUT2D eigenvalue weighted by molar-refractivity contribution is -0.129. The van der Waals surface area contributed by atoms with Crippen LogP contribution < -0.4 is 4.90 Å². The van der Waals surface area contributed by atoms with Crippen LogP contribution in [0.2, 0.25) is 0 Å². The number of amides is 1. The normalized spacial score (nSPS) is 25.0. The minimum Gasteiger partial charge on any atom is -0.347 e. The van der Waals surface area contributed by atoms with Crippen molar-refractivity contribution in [3.8, 4) is 0 Å². The Hall–Kier alpha value is -1.74. The van der Waals surface area contributed by atoms with Gasteiger partial charge in [-0.25, -0.2) is 12.8 Å². The number of anilines is 1. The zero-order chi connectivity index (χ0) is 17.6. The topological polar surface area (TPSA) is 60.9 Å². The highest BCUT2D eigenvalue weighted by atomic mass is 32.2. The first-order valence-corrected chi connectivity index (χ1v) is 9.69. The predicted molar refractivity (Wildman–Crippen MR) is 93.1 cm³/mol. The number of thiocarbonyl (C=S) groups is 1. The molecule has 0 spiro atoms. The molecule has 3 rings (SSSR count). The van der Waals surface area contributed by atoms with E-state index >= 15 is 0 Å². The molecular weight excluding hydrogens is 353 g/mol. The highest BCUT2D eigenvalue weighted by Crippen LogP contribution is 2.36. The Morgan fingerprint density at radius 2 is 1.92 bits per heavy atom. The van der Waals surface area contributed by atoms with Gasteiger partial charge in [-0.15, -0.1) is 0 Å². The van der Waals surface area contributed by atoms with Gasteiger partial charge in [-0.1, -0.05) is 12.1 Å². The standard InChI is InChI=1S/C15H18FN3O3S2/c1-17(2)14(20)7-18-12-8-24(21,22)9-13(12)19(15(18)23)11-6-4-3-5-10(11)16/h3-6,12-13H,7-9H2,1-2H3/t12-,13-/m0/s1. The molecule has 1 aromatic carbocycles. The van der Waals surface area contributed by atoms with Gasteiger partial charge >= 0.3 is 0 Å². The molecule has 24 heavy (non-hydrogen) atoms. The van der Waals surface area contributed by atoms with Crippen LogP contribution in [0.25, 0.3) is 0 Å². The monoisotopic (exact) mass is 371 g/mol. The minimum absolute atomic E-state index is 0.0204. The van der Waals surface area contributed by atoms with Gasteiger partial charge in [-0.3, -0.25) is 4.79 Å². The molecular formula is C15H18FN3O3S2. The van der Waals surface area contributed by atoms with E-state index in [1.807, 2.05) is 0 Å². The number of hydrogen-bond donors (Lipinski definition) is 0. The average Bonchev–Trinajstić information content (AvgIpc) is 2.92. The largest absolute Gasteiger partial charge is 0.347 e. The van der Waals surface area contributed by atoms with E-state index in [9.17, 15) is 17.6 Å². The molecule has 2 aliphatic heterocycles. The van der Waals surface area contributed by atoms with Gasteiger partial charge in [-0.05, 0) is 24.4 Å². The van der Waals surface area contributed by atoms with Gasteiger partial charge in [0.2, 0.25) is 5.91 Å². The van der Waals surface area contributed by atoms with Crippen LogP contribution in [-0.4, -0.2) is 73.5 Å². The molecule has 1 amide bonds. The Morgan fingerprint density at radius 1 is 1.29 bits per heavy atom. The second-order valence-electron chi connectivity index (χ2n) is 6.23. The second kappa shape index (κ2) is 5.96. The number of fused-ring (bicyclic) bond motifs is 1. The Balaban J connectivity index is 2.00. The fourth-order valence-corrected chi connectivity index (χ4v) is 5.56. The van der Waals surface area contributed by atoms with E-state index in [2.05, 4.69) is 0 Å². The van der Waals surface area contributed by atoms with Gasteiger partial charge in [0.05, 0.1) is 35.8 Å². The summed E-state index contributed by atoms with van der Waals surface area (Å²) in [5.41, 5.74) is 0.245. The van der Waals surface area contributed by atoms with Gasteiger partial charge in [0.25, 0.3) is 0 Å². The number of likely N-dealkylation sites (N-methyl/N-ethyl adjacent to an activating group) is 1. The summed E-state index contributed by atoms with van der Waals surface area (Å²) in [7, 11) is -0.0140. The van der Waals surface area contributed by atoms with Gasteiger partial charge in [0.1, 0.15) is 5.82 Å². The number of carbonyl (C=O) groups excluding carboxylic acids is 1. The van der Waals surface area contributed by atoms with Crippen molar-refractivity contribution in [1.29, 1.82) is 0 Å². The Morgan fingerprint density at radius 3 is 2.54 bits per heavy atom. The molecule has 130 valence electrons. The van der Waals surface area contributed by atoms with E-state index in [4.69, 9.17) is 12.2 Å². The zero-order valence-electron chi connectivity index (χ0n) is 13.3. The molecule has 0 unspecified atom stereocenters. The van der Waals surface area contributed by atoms with E-state index in [1.165, 1.54) is 11.0 Å². The molecule has 2 saturated heterocycles. The van der Waals surface area contributed by atoms with Crippen molar-refractivity contribution in [2.45, 2.75) is 12.1 Å². The molecule has 2 heterocycles. The third-order valence-electron chi connectivity index (χ3n) is 4.39. The fraction of sp³-hybridized carbons (Fsp3) is 0.467. The van der Waals surface area contributed by atoms with E-state index in [1.54, 1.807) is 42.1 Å². The Kier molecular flexibility index (Phi) is 4.25. The maximum atomic E-state index is 14.2. The van der Waals surface area contributed by atoms with Gasteiger partial charge in [0, 0.05) is 14.1 Å². The third-order valence-corrected chi connectivity index (χ3v) is 6.52. The number of benzene rings is 1. The first kappa shape index (κ1) is 17.1. The number of carbonyl (C=O) groups is 1. The number of para-hydroxylation sites is 1. The van der Waals surface area contributed by atoms with Crippen molar-refractivity contribution in [3.05, 3.63) is 30.1 Å². The summed E-state index contributed by atoms with van der Waals surface area (Å²) in [6.07, 6.45) is 0. The Labute approximate surface area is 145 Å². The maximum Gasteiger partial charge on any atom is 0.241 e. The van der Waals surface area contributed by atoms with Crippen molar-refractivity contribution in [2.75, 3.05) is 37.0 Å². The van der Waals surface area contributed by atoms with E-state index in [0.717, 1.165) is 0 Å². The quantitative estimate of drug-likeness (QED) is 0.721. The first-order valence-electron chi connectivity index (χ1n) is 7.46. The number of nitrogens with zero attached hydrogens (tertiary/aromatic N) is 3. The van der Waals surface area contributed by atoms with Crippen molar-refractivity contribution in [1.82, 2.24) is 9.80 Å². The number of sulfone groups is 1.